The molecule has 3 rings (SSSR count). The minimum Gasteiger partial charge on any atom is -0.481 e. The van der Waals surface area contributed by atoms with E-state index in [-0.39, 0.29) is 12.5 Å². The second-order valence-electron chi connectivity index (χ2n) is 5.18. The predicted molar refractivity (Wildman–Crippen MR) is 71.4 cm³/mol. The maximum Gasteiger partial charge on any atom is 0.303 e. The van der Waals surface area contributed by atoms with Gasteiger partial charge in [0, 0.05) is 24.4 Å². The third kappa shape index (κ3) is 2.96. The summed E-state index contributed by atoms with van der Waals surface area (Å²) in [6, 6.07) is 0.600. The van der Waals surface area contributed by atoms with Gasteiger partial charge in [0.2, 0.25) is 0 Å². The summed E-state index contributed by atoms with van der Waals surface area (Å²) in [6.07, 6.45) is 3.22. The summed E-state index contributed by atoms with van der Waals surface area (Å²) in [5.41, 5.74) is 0.870. The Morgan fingerprint density at radius 1 is 1.63 bits per heavy atom. The zero-order chi connectivity index (χ0) is 13.2. The molecule has 2 aliphatic heterocycles. The number of morpholine rings is 1. The summed E-state index contributed by atoms with van der Waals surface area (Å²) >= 11 is 1.59. The number of aromatic nitrogens is 1. The van der Waals surface area contributed by atoms with Crippen LogP contribution in [0.4, 0.5) is 0 Å². The Hall–Kier alpha value is -0.980. The normalized spacial score (nSPS) is 27.4. The number of aryl methyl sites for hydroxylation is 1. The zero-order valence-corrected chi connectivity index (χ0v) is 11.6. The quantitative estimate of drug-likeness (QED) is 0.910. The van der Waals surface area contributed by atoms with E-state index in [0.717, 1.165) is 23.9 Å². The molecule has 0 bridgehead atoms. The van der Waals surface area contributed by atoms with Crippen LogP contribution >= 0.6 is 11.3 Å². The number of nitrogens with zero attached hydrogens (tertiary/aromatic N) is 2. The molecule has 2 unspecified atom stereocenters. The maximum absolute atomic E-state index is 10.6. The summed E-state index contributed by atoms with van der Waals surface area (Å²) in [7, 11) is 0. The molecule has 0 radical (unpaired) electrons. The van der Waals surface area contributed by atoms with E-state index in [1.165, 1.54) is 19.4 Å². The van der Waals surface area contributed by atoms with Crippen LogP contribution in [0.2, 0.25) is 0 Å². The van der Waals surface area contributed by atoms with Crippen LogP contribution in [-0.2, 0) is 16.0 Å². The van der Waals surface area contributed by atoms with E-state index in [2.05, 4.69) is 9.88 Å². The van der Waals surface area contributed by atoms with Crippen molar-refractivity contribution in [1.82, 2.24) is 9.88 Å². The van der Waals surface area contributed by atoms with E-state index in [9.17, 15) is 4.79 Å². The predicted octanol–water partition coefficient (Wildman–Crippen LogP) is 1.70. The number of carboxylic acid groups (broad SMARTS) is 1. The van der Waals surface area contributed by atoms with E-state index >= 15 is 0 Å². The molecule has 0 aliphatic carbocycles. The molecule has 0 saturated carbocycles. The molecule has 1 aromatic heterocycles. The van der Waals surface area contributed by atoms with Crippen LogP contribution in [-0.4, -0.2) is 46.7 Å². The molecule has 6 heteroatoms. The highest BCUT2D eigenvalue weighted by molar-refractivity contribution is 7.09. The molecule has 5 nitrogen and oxygen atoms in total. The molecule has 1 aromatic rings. The number of fused-ring (bicyclic) bond motifs is 1. The number of rotatable bonds is 4. The van der Waals surface area contributed by atoms with Gasteiger partial charge in [0.1, 0.15) is 11.1 Å². The topological polar surface area (TPSA) is 62.7 Å². The second kappa shape index (κ2) is 5.56. The van der Waals surface area contributed by atoms with Gasteiger partial charge in [-0.3, -0.25) is 9.69 Å². The van der Waals surface area contributed by atoms with Gasteiger partial charge in [0.25, 0.3) is 0 Å². The maximum atomic E-state index is 10.6. The monoisotopic (exact) mass is 282 g/mol. The van der Waals surface area contributed by atoms with Crippen molar-refractivity contribution < 1.29 is 14.6 Å². The highest BCUT2D eigenvalue weighted by Crippen LogP contribution is 2.31. The average Bonchev–Trinajstić information content (AvgIpc) is 3.04. The van der Waals surface area contributed by atoms with Crippen LogP contribution in [0.15, 0.2) is 5.38 Å². The Morgan fingerprint density at radius 3 is 3.37 bits per heavy atom. The van der Waals surface area contributed by atoms with Crippen LogP contribution in [0.25, 0.3) is 0 Å². The minimum atomic E-state index is -0.775. The Kier molecular flexibility index (Phi) is 3.81. The fourth-order valence-electron chi connectivity index (χ4n) is 2.79. The third-order valence-corrected chi connectivity index (χ3v) is 4.81. The van der Waals surface area contributed by atoms with Crippen molar-refractivity contribution in [2.24, 2.45) is 0 Å². The number of carboxylic acids is 1. The molecule has 2 atom stereocenters. The van der Waals surface area contributed by atoms with Crippen LogP contribution in [0, 0.1) is 0 Å². The molecular formula is C13H18N2O3S. The summed E-state index contributed by atoms with van der Waals surface area (Å²) in [5, 5.41) is 11.6. The Balaban J connectivity index is 1.61. The van der Waals surface area contributed by atoms with Crippen LogP contribution in [0.1, 0.15) is 36.1 Å². The number of ether oxygens (including phenoxy) is 1. The lowest BCUT2D eigenvalue weighted by atomic mass is 10.2. The van der Waals surface area contributed by atoms with E-state index in [1.54, 1.807) is 11.3 Å². The number of hydrogen-bond acceptors (Lipinski definition) is 5. The molecule has 0 spiro atoms. The van der Waals surface area contributed by atoms with Gasteiger partial charge in [0.15, 0.2) is 0 Å². The highest BCUT2D eigenvalue weighted by Gasteiger charge is 2.33. The molecule has 2 fully saturated rings. The minimum absolute atomic E-state index is 0.0675. The average molecular weight is 282 g/mol. The van der Waals surface area contributed by atoms with Crippen molar-refractivity contribution in [2.45, 2.75) is 37.8 Å². The van der Waals surface area contributed by atoms with Gasteiger partial charge in [-0.05, 0) is 19.4 Å². The van der Waals surface area contributed by atoms with Gasteiger partial charge < -0.3 is 9.84 Å². The van der Waals surface area contributed by atoms with Gasteiger partial charge in [-0.1, -0.05) is 0 Å². The third-order valence-electron chi connectivity index (χ3n) is 3.83. The molecule has 0 amide bonds. The van der Waals surface area contributed by atoms with Gasteiger partial charge in [0.05, 0.1) is 18.7 Å². The summed E-state index contributed by atoms with van der Waals surface area (Å²) in [4.78, 5) is 17.6. The molecule has 2 aliphatic rings. The van der Waals surface area contributed by atoms with Crippen molar-refractivity contribution in [1.29, 1.82) is 0 Å². The first-order valence-corrected chi connectivity index (χ1v) is 7.62. The molecular weight excluding hydrogens is 264 g/mol. The number of carbonyl (C=O) groups is 1. The SMILES string of the molecule is O=C(O)CCc1csc(C2CN3CCCC3CO2)n1. The largest absolute Gasteiger partial charge is 0.481 e. The lowest BCUT2D eigenvalue weighted by molar-refractivity contribution is -0.136. The fourth-order valence-corrected chi connectivity index (χ4v) is 3.68. The van der Waals surface area contributed by atoms with Gasteiger partial charge in [-0.2, -0.15) is 0 Å². The smallest absolute Gasteiger partial charge is 0.303 e. The summed E-state index contributed by atoms with van der Waals surface area (Å²) < 4.78 is 5.91. The van der Waals surface area contributed by atoms with Crippen molar-refractivity contribution >= 4 is 17.3 Å². The lowest BCUT2D eigenvalue weighted by Gasteiger charge is -2.34. The molecule has 3 heterocycles. The molecule has 19 heavy (non-hydrogen) atoms. The molecule has 0 aromatic carbocycles. The van der Waals surface area contributed by atoms with Crippen molar-refractivity contribution in [3.8, 4) is 0 Å². The summed E-state index contributed by atoms with van der Waals surface area (Å²) in [6.45, 7) is 2.90. The van der Waals surface area contributed by atoms with E-state index in [0.29, 0.717) is 12.5 Å². The first-order chi connectivity index (χ1) is 9.22. The van der Waals surface area contributed by atoms with Crippen LogP contribution in [0.3, 0.4) is 0 Å². The Morgan fingerprint density at radius 2 is 2.53 bits per heavy atom. The zero-order valence-electron chi connectivity index (χ0n) is 10.7. The van der Waals surface area contributed by atoms with E-state index < -0.39 is 5.97 Å². The fraction of sp³-hybridized carbons (Fsp3) is 0.692. The van der Waals surface area contributed by atoms with Crippen molar-refractivity contribution in [3.05, 3.63) is 16.1 Å². The number of hydrogen-bond donors (Lipinski definition) is 1. The lowest BCUT2D eigenvalue weighted by Crippen LogP contribution is -2.42. The highest BCUT2D eigenvalue weighted by atomic mass is 32.1. The standard InChI is InChI=1S/C13H18N2O3S/c16-12(17)4-3-9-8-19-13(14-9)11-6-15-5-1-2-10(15)7-18-11/h8,10-11H,1-7H2,(H,16,17). The Labute approximate surface area is 116 Å². The van der Waals surface area contributed by atoms with Crippen LogP contribution < -0.4 is 0 Å². The van der Waals surface area contributed by atoms with Gasteiger partial charge in [-0.25, -0.2) is 4.98 Å². The van der Waals surface area contributed by atoms with Gasteiger partial charge >= 0.3 is 5.97 Å². The number of thiazole rings is 1. The van der Waals surface area contributed by atoms with Gasteiger partial charge in [-0.15, -0.1) is 11.3 Å². The van der Waals surface area contributed by atoms with Crippen LogP contribution in [0.5, 0.6) is 0 Å². The van der Waals surface area contributed by atoms with Crippen molar-refractivity contribution in [2.75, 3.05) is 19.7 Å². The number of aliphatic carboxylic acids is 1. The molecule has 1 N–H and O–H groups in total. The summed E-state index contributed by atoms with van der Waals surface area (Å²) in [5.74, 6) is -0.775. The Bertz CT molecular complexity index is 462. The first-order valence-electron chi connectivity index (χ1n) is 6.74. The molecule has 2 saturated heterocycles. The van der Waals surface area contributed by atoms with E-state index in [4.69, 9.17) is 9.84 Å². The second-order valence-corrected chi connectivity index (χ2v) is 6.07. The molecule has 104 valence electrons. The van der Waals surface area contributed by atoms with E-state index in [1.807, 2.05) is 5.38 Å². The van der Waals surface area contributed by atoms with Crippen molar-refractivity contribution in [3.63, 3.8) is 0 Å². The first kappa shape index (κ1) is 13.0.